The maximum Gasteiger partial charge on any atom is 0.208 e. The molecule has 1 saturated heterocycles. The van der Waals surface area contributed by atoms with Crippen LogP contribution in [0.25, 0.3) is 10.9 Å². The Bertz CT molecular complexity index is 1060. The van der Waals surface area contributed by atoms with Crippen LogP contribution in [0.15, 0.2) is 30.5 Å². The Labute approximate surface area is 201 Å². The minimum Gasteiger partial charge on any atom is -0.361 e. The third-order valence-corrected chi connectivity index (χ3v) is 7.80. The number of piperazine rings is 1. The van der Waals surface area contributed by atoms with Crippen molar-refractivity contribution in [1.82, 2.24) is 20.1 Å². The van der Waals surface area contributed by atoms with E-state index in [1.165, 1.54) is 22.3 Å². The number of anilines is 1. The summed E-state index contributed by atoms with van der Waals surface area (Å²) in [5.74, 6) is 0.451. The first-order chi connectivity index (χ1) is 15.8. The molecule has 6 nitrogen and oxygen atoms in total. The van der Waals surface area contributed by atoms with Crippen molar-refractivity contribution in [2.75, 3.05) is 31.1 Å². The summed E-state index contributed by atoms with van der Waals surface area (Å²) in [5, 5.41) is 11.4. The first-order valence-corrected chi connectivity index (χ1v) is 13.1. The molecule has 0 aliphatic carbocycles. The number of carbonyl (C=O) groups is 1. The summed E-state index contributed by atoms with van der Waals surface area (Å²) < 4.78 is 0. The highest BCUT2D eigenvalue weighted by Gasteiger charge is 2.28. The zero-order chi connectivity index (χ0) is 23.4. The van der Waals surface area contributed by atoms with E-state index < -0.39 is 0 Å². The maximum absolute atomic E-state index is 13.2. The van der Waals surface area contributed by atoms with Crippen molar-refractivity contribution in [2.24, 2.45) is 5.92 Å². The number of para-hydroxylation sites is 1. The summed E-state index contributed by atoms with van der Waals surface area (Å²) in [6.45, 7) is 12.9. The van der Waals surface area contributed by atoms with E-state index in [1.807, 2.05) is 0 Å². The van der Waals surface area contributed by atoms with Gasteiger partial charge in [-0.1, -0.05) is 49.3 Å². The van der Waals surface area contributed by atoms with Gasteiger partial charge < -0.3 is 9.88 Å². The Morgan fingerprint density at radius 2 is 1.91 bits per heavy atom. The van der Waals surface area contributed by atoms with Crippen LogP contribution in [-0.2, 0) is 6.42 Å². The van der Waals surface area contributed by atoms with Crippen molar-refractivity contribution in [3.8, 4) is 0 Å². The second-order valence-corrected chi connectivity index (χ2v) is 11.2. The van der Waals surface area contributed by atoms with Crippen molar-refractivity contribution in [3.63, 3.8) is 0 Å². The van der Waals surface area contributed by atoms with Gasteiger partial charge in [0.05, 0.1) is 0 Å². The Kier molecular flexibility index (Phi) is 7.49. The van der Waals surface area contributed by atoms with Gasteiger partial charge in [-0.2, -0.15) is 0 Å². The van der Waals surface area contributed by atoms with Crippen LogP contribution in [0.1, 0.15) is 68.7 Å². The van der Waals surface area contributed by atoms with Gasteiger partial charge in [-0.25, -0.2) is 0 Å². The molecule has 1 atom stereocenters. The Morgan fingerprint density at radius 3 is 2.64 bits per heavy atom. The monoisotopic (exact) mass is 467 g/mol. The molecule has 0 saturated carbocycles. The van der Waals surface area contributed by atoms with Crippen molar-refractivity contribution in [2.45, 2.75) is 65.3 Å². The summed E-state index contributed by atoms with van der Waals surface area (Å²) in [6.07, 6.45) is 6.89. The van der Waals surface area contributed by atoms with Crippen LogP contribution in [0.5, 0.6) is 0 Å². The van der Waals surface area contributed by atoms with Crippen molar-refractivity contribution >= 4 is 33.2 Å². The Balaban J connectivity index is 1.40. The predicted molar refractivity (Wildman–Crippen MR) is 137 cm³/mol. The lowest BCUT2D eigenvalue weighted by atomic mass is 9.89. The van der Waals surface area contributed by atoms with Gasteiger partial charge >= 0.3 is 0 Å². The minimum atomic E-state index is 0.132. The summed E-state index contributed by atoms with van der Waals surface area (Å²) in [6, 6.07) is 8.40. The fraction of sp³-hybridized carbons (Fsp3) is 0.577. The summed E-state index contributed by atoms with van der Waals surface area (Å²) in [7, 11) is 0. The van der Waals surface area contributed by atoms with Crippen molar-refractivity contribution in [3.05, 3.63) is 41.0 Å². The van der Waals surface area contributed by atoms with Crippen LogP contribution in [0.2, 0.25) is 0 Å². The number of hydrogen-bond acceptors (Lipinski definition) is 6. The molecule has 3 aromatic rings. The molecule has 7 heteroatoms. The molecule has 1 fully saturated rings. The zero-order valence-electron chi connectivity index (χ0n) is 20.4. The van der Waals surface area contributed by atoms with E-state index in [9.17, 15) is 4.79 Å². The van der Waals surface area contributed by atoms with Crippen LogP contribution in [0.3, 0.4) is 0 Å². The molecule has 33 heavy (non-hydrogen) atoms. The van der Waals surface area contributed by atoms with Crippen LogP contribution in [-0.4, -0.2) is 57.6 Å². The van der Waals surface area contributed by atoms with Gasteiger partial charge in [0.1, 0.15) is 0 Å². The fourth-order valence-electron chi connectivity index (χ4n) is 4.75. The third kappa shape index (κ3) is 5.82. The van der Waals surface area contributed by atoms with Gasteiger partial charge in [-0.3, -0.25) is 9.69 Å². The number of hydrogen-bond donors (Lipinski definition) is 1. The minimum absolute atomic E-state index is 0.132. The molecule has 0 spiro atoms. The standard InChI is InChI=1S/C26H37N5OS/c1-5-6-9-19(16-20-18-27-22-11-8-7-10-21(20)22)17-23(32)24-28-29-25(33-24)30-12-14-31(15-13-30)26(2,3)4/h7-8,10-11,18-19,27H,5-6,9,12-17H2,1-4H3. The molecule has 0 bridgehead atoms. The molecule has 3 heterocycles. The smallest absolute Gasteiger partial charge is 0.208 e. The number of aromatic amines is 1. The number of benzene rings is 1. The molecule has 2 aromatic heterocycles. The molecule has 4 rings (SSSR count). The molecule has 0 radical (unpaired) electrons. The average molecular weight is 468 g/mol. The molecule has 1 N–H and O–H groups in total. The van der Waals surface area contributed by atoms with Crippen molar-refractivity contribution < 1.29 is 4.79 Å². The van der Waals surface area contributed by atoms with Crippen LogP contribution in [0, 0.1) is 5.92 Å². The zero-order valence-corrected chi connectivity index (χ0v) is 21.2. The van der Waals surface area contributed by atoms with E-state index in [2.05, 4.69) is 83.1 Å². The van der Waals surface area contributed by atoms with E-state index in [4.69, 9.17) is 0 Å². The van der Waals surface area contributed by atoms with Crippen LogP contribution in [0.4, 0.5) is 5.13 Å². The van der Waals surface area contributed by atoms with Crippen LogP contribution >= 0.6 is 11.3 Å². The molecule has 1 aromatic carbocycles. The van der Waals surface area contributed by atoms with Gasteiger partial charge in [-0.05, 0) is 51.2 Å². The highest BCUT2D eigenvalue weighted by atomic mass is 32.1. The number of nitrogens with one attached hydrogen (secondary N) is 1. The third-order valence-electron chi connectivity index (χ3n) is 6.78. The predicted octanol–water partition coefficient (Wildman–Crippen LogP) is 5.56. The van der Waals surface area contributed by atoms with Gasteiger partial charge in [0.25, 0.3) is 0 Å². The average Bonchev–Trinajstić information content (AvgIpc) is 3.45. The maximum atomic E-state index is 13.2. The van der Waals surface area contributed by atoms with Gasteiger partial charge in [0.15, 0.2) is 10.8 Å². The highest BCUT2D eigenvalue weighted by molar-refractivity contribution is 7.17. The van der Waals surface area contributed by atoms with E-state index >= 15 is 0 Å². The van der Waals surface area contributed by atoms with E-state index in [0.717, 1.165) is 62.5 Å². The molecular weight excluding hydrogens is 430 g/mol. The second-order valence-electron chi connectivity index (χ2n) is 10.2. The van der Waals surface area contributed by atoms with E-state index in [0.29, 0.717) is 17.3 Å². The summed E-state index contributed by atoms with van der Waals surface area (Å²) in [5.41, 5.74) is 2.65. The highest BCUT2D eigenvalue weighted by Crippen LogP contribution is 2.28. The number of ketones is 1. The lowest BCUT2D eigenvalue weighted by Crippen LogP contribution is -2.53. The van der Waals surface area contributed by atoms with Gasteiger partial charge in [0, 0.05) is 55.2 Å². The molecule has 1 aliphatic rings. The molecule has 0 amide bonds. The number of carbonyl (C=O) groups excluding carboxylic acids is 1. The Morgan fingerprint density at radius 1 is 1.15 bits per heavy atom. The van der Waals surface area contributed by atoms with Gasteiger partial charge in [-0.15, -0.1) is 10.2 Å². The van der Waals surface area contributed by atoms with E-state index in [1.54, 1.807) is 0 Å². The second kappa shape index (κ2) is 10.3. The number of H-pyrrole nitrogens is 1. The lowest BCUT2D eigenvalue weighted by molar-refractivity contribution is 0.0957. The van der Waals surface area contributed by atoms with Crippen molar-refractivity contribution in [1.29, 1.82) is 0 Å². The fourth-order valence-corrected chi connectivity index (χ4v) is 5.60. The summed E-state index contributed by atoms with van der Waals surface area (Å²) >= 11 is 1.46. The SMILES string of the molecule is CCCCC(CC(=O)c1nnc(N2CCN(C(C)(C)C)CC2)s1)Cc1c[nH]c2ccccc12. The Hall–Kier alpha value is -2.25. The number of Topliss-reactive ketones (excluding diaryl/α,β-unsaturated/α-hetero) is 1. The first kappa shape index (κ1) is 23.9. The summed E-state index contributed by atoms with van der Waals surface area (Å²) in [4.78, 5) is 21.3. The molecule has 1 unspecified atom stereocenters. The van der Waals surface area contributed by atoms with E-state index in [-0.39, 0.29) is 11.3 Å². The topological polar surface area (TPSA) is 65.1 Å². The molecule has 178 valence electrons. The molecule has 1 aliphatic heterocycles. The first-order valence-electron chi connectivity index (χ1n) is 12.3. The lowest BCUT2D eigenvalue weighted by Gasteiger charge is -2.42. The largest absolute Gasteiger partial charge is 0.361 e. The quantitative estimate of drug-likeness (QED) is 0.417. The van der Waals surface area contributed by atoms with Crippen LogP contribution < -0.4 is 4.90 Å². The number of fused-ring (bicyclic) bond motifs is 1. The van der Waals surface area contributed by atoms with Gasteiger partial charge in [0.2, 0.25) is 5.13 Å². The normalized spacial score (nSPS) is 16.4. The molecular formula is C26H37N5OS. The number of unbranched alkanes of at least 4 members (excludes halogenated alkanes) is 1. The number of rotatable bonds is 9. The number of aromatic nitrogens is 3. The number of nitrogens with zero attached hydrogens (tertiary/aromatic N) is 4.